The largest absolute Gasteiger partial charge is 0.450 e. The molecule has 1 aromatic heterocycles. The molecular weight excluding hydrogens is 326 g/mol. The zero-order chi connectivity index (χ0) is 14.0. The Balaban J connectivity index is 3.03. The second-order valence-corrected chi connectivity index (χ2v) is 6.80. The first-order valence-electron chi connectivity index (χ1n) is 5.14. The molecule has 1 heterocycles. The molecule has 0 saturated heterocycles. The second kappa shape index (κ2) is 5.70. The van der Waals surface area contributed by atoms with E-state index in [2.05, 4.69) is 20.7 Å². The molecule has 0 bridgehead atoms. The fourth-order valence-corrected chi connectivity index (χ4v) is 3.87. The first-order chi connectivity index (χ1) is 8.22. The average Bonchev–Trinajstić information content (AvgIpc) is 2.58. The normalized spacial score (nSPS) is 12.9. The van der Waals surface area contributed by atoms with E-state index < -0.39 is 15.6 Å². The molecule has 6 nitrogen and oxygen atoms in total. The van der Waals surface area contributed by atoms with Crippen molar-refractivity contribution in [3.05, 3.63) is 16.5 Å². The third kappa shape index (κ3) is 3.79. The van der Waals surface area contributed by atoms with Gasteiger partial charge in [-0.15, -0.1) is 0 Å². The first-order valence-corrected chi connectivity index (χ1v) is 7.41. The SMILES string of the molecule is COCC(C)(C)NS(=O)(=O)c1cc(CO)oc1Br. The van der Waals surface area contributed by atoms with Gasteiger partial charge in [-0.1, -0.05) is 0 Å². The summed E-state index contributed by atoms with van der Waals surface area (Å²) in [5.41, 5.74) is -0.746. The fourth-order valence-electron chi connectivity index (χ4n) is 1.47. The van der Waals surface area contributed by atoms with E-state index in [4.69, 9.17) is 14.3 Å². The van der Waals surface area contributed by atoms with Gasteiger partial charge in [0.15, 0.2) is 4.67 Å². The molecule has 0 amide bonds. The van der Waals surface area contributed by atoms with Crippen LogP contribution in [-0.4, -0.2) is 32.8 Å². The highest BCUT2D eigenvalue weighted by Crippen LogP contribution is 2.27. The third-order valence-corrected chi connectivity index (χ3v) is 4.62. The Labute approximate surface area is 115 Å². The molecule has 0 aliphatic carbocycles. The summed E-state index contributed by atoms with van der Waals surface area (Å²) in [6.45, 7) is 3.27. The average molecular weight is 342 g/mol. The lowest BCUT2D eigenvalue weighted by Gasteiger charge is -2.24. The summed E-state index contributed by atoms with van der Waals surface area (Å²) in [5, 5.41) is 8.91. The van der Waals surface area contributed by atoms with Crippen molar-refractivity contribution in [1.82, 2.24) is 4.72 Å². The maximum absolute atomic E-state index is 12.1. The maximum atomic E-state index is 12.1. The number of hydrogen-bond acceptors (Lipinski definition) is 5. The Bertz CT molecular complexity index is 508. The number of methoxy groups -OCH3 is 1. The molecule has 0 radical (unpaired) electrons. The van der Waals surface area contributed by atoms with E-state index in [1.807, 2.05) is 0 Å². The zero-order valence-electron chi connectivity index (χ0n) is 10.4. The summed E-state index contributed by atoms with van der Waals surface area (Å²) in [7, 11) is -2.25. The summed E-state index contributed by atoms with van der Waals surface area (Å²) in [5.74, 6) is 0.173. The Morgan fingerprint density at radius 2 is 2.17 bits per heavy atom. The van der Waals surface area contributed by atoms with Crippen LogP contribution >= 0.6 is 15.9 Å². The van der Waals surface area contributed by atoms with Crippen LogP contribution in [0.4, 0.5) is 0 Å². The molecule has 104 valence electrons. The standard InChI is InChI=1S/C10H16BrNO5S/c1-10(2,6-16-3)12-18(14,15)8-4-7(5-13)17-9(8)11/h4,12-13H,5-6H2,1-3H3. The summed E-state index contributed by atoms with van der Waals surface area (Å²) >= 11 is 3.01. The van der Waals surface area contributed by atoms with Gasteiger partial charge in [-0.05, 0) is 29.8 Å². The van der Waals surface area contributed by atoms with Gasteiger partial charge in [0.25, 0.3) is 0 Å². The van der Waals surface area contributed by atoms with Crippen molar-refractivity contribution >= 4 is 26.0 Å². The summed E-state index contributed by atoms with van der Waals surface area (Å²) in [6, 6.07) is 1.27. The van der Waals surface area contributed by atoms with Crippen molar-refractivity contribution in [2.24, 2.45) is 0 Å². The van der Waals surface area contributed by atoms with E-state index in [1.54, 1.807) is 13.8 Å². The fraction of sp³-hybridized carbons (Fsp3) is 0.600. The van der Waals surface area contributed by atoms with Crippen LogP contribution in [-0.2, 0) is 21.4 Å². The Morgan fingerprint density at radius 1 is 1.56 bits per heavy atom. The number of hydrogen-bond donors (Lipinski definition) is 2. The molecule has 0 fully saturated rings. The molecule has 0 spiro atoms. The summed E-state index contributed by atoms with van der Waals surface area (Å²) < 4.78 is 36.8. The second-order valence-electron chi connectivity index (χ2n) is 4.43. The van der Waals surface area contributed by atoms with E-state index in [9.17, 15) is 8.42 Å². The van der Waals surface area contributed by atoms with Gasteiger partial charge >= 0.3 is 0 Å². The number of nitrogens with one attached hydrogen (secondary N) is 1. The van der Waals surface area contributed by atoms with E-state index in [0.717, 1.165) is 0 Å². The van der Waals surface area contributed by atoms with Crippen molar-refractivity contribution in [2.45, 2.75) is 30.9 Å². The predicted octanol–water partition coefficient (Wildman–Crippen LogP) is 1.24. The molecule has 8 heteroatoms. The number of aliphatic hydroxyl groups excluding tert-OH is 1. The molecule has 2 N–H and O–H groups in total. The van der Waals surface area contributed by atoms with Gasteiger partial charge in [0.2, 0.25) is 10.0 Å². The van der Waals surface area contributed by atoms with Crippen LogP contribution in [0.5, 0.6) is 0 Å². The molecule has 0 unspecified atom stereocenters. The number of halogens is 1. The van der Waals surface area contributed by atoms with Crippen molar-refractivity contribution in [3.63, 3.8) is 0 Å². The van der Waals surface area contributed by atoms with Gasteiger partial charge in [-0.2, -0.15) is 0 Å². The van der Waals surface area contributed by atoms with Crippen molar-refractivity contribution in [2.75, 3.05) is 13.7 Å². The Hall–Kier alpha value is -0.410. The highest BCUT2D eigenvalue weighted by molar-refractivity contribution is 9.10. The van der Waals surface area contributed by atoms with Crippen molar-refractivity contribution in [3.8, 4) is 0 Å². The lowest BCUT2D eigenvalue weighted by Crippen LogP contribution is -2.46. The van der Waals surface area contributed by atoms with Crippen LogP contribution in [0.15, 0.2) is 20.0 Å². The quantitative estimate of drug-likeness (QED) is 0.812. The number of ether oxygens (including phenoxy) is 1. The Kier molecular flexibility index (Phi) is 4.96. The molecule has 1 rings (SSSR count). The minimum atomic E-state index is -3.74. The van der Waals surface area contributed by atoms with Gasteiger partial charge in [0.05, 0.1) is 12.1 Å². The van der Waals surface area contributed by atoms with Gasteiger partial charge in [-0.25, -0.2) is 13.1 Å². The van der Waals surface area contributed by atoms with Crippen LogP contribution in [0.1, 0.15) is 19.6 Å². The number of sulfonamides is 1. The molecule has 0 aliphatic rings. The number of aliphatic hydroxyl groups is 1. The minimum Gasteiger partial charge on any atom is -0.450 e. The molecule has 0 aromatic carbocycles. The third-order valence-electron chi connectivity index (χ3n) is 2.07. The van der Waals surface area contributed by atoms with E-state index in [0.29, 0.717) is 0 Å². The van der Waals surface area contributed by atoms with Crippen LogP contribution < -0.4 is 4.72 Å². The van der Waals surface area contributed by atoms with Crippen LogP contribution in [0, 0.1) is 0 Å². The smallest absolute Gasteiger partial charge is 0.245 e. The predicted molar refractivity (Wildman–Crippen MR) is 68.6 cm³/mol. The number of furan rings is 1. The zero-order valence-corrected chi connectivity index (χ0v) is 12.8. The van der Waals surface area contributed by atoms with Gasteiger partial charge in [0, 0.05) is 13.2 Å². The highest BCUT2D eigenvalue weighted by Gasteiger charge is 2.29. The molecule has 0 atom stereocenters. The number of rotatable bonds is 6. The van der Waals surface area contributed by atoms with Crippen LogP contribution in [0.2, 0.25) is 0 Å². The lowest BCUT2D eigenvalue weighted by molar-refractivity contribution is 0.141. The molecule has 0 aliphatic heterocycles. The van der Waals surface area contributed by atoms with Crippen LogP contribution in [0.25, 0.3) is 0 Å². The van der Waals surface area contributed by atoms with E-state index >= 15 is 0 Å². The van der Waals surface area contributed by atoms with E-state index in [1.165, 1.54) is 13.2 Å². The van der Waals surface area contributed by atoms with Gasteiger partial charge in [0.1, 0.15) is 17.3 Å². The molecule has 1 aromatic rings. The lowest BCUT2D eigenvalue weighted by atomic mass is 10.1. The topological polar surface area (TPSA) is 88.8 Å². The van der Waals surface area contributed by atoms with Gasteiger partial charge in [-0.3, -0.25) is 0 Å². The van der Waals surface area contributed by atoms with Gasteiger partial charge < -0.3 is 14.3 Å². The summed E-state index contributed by atoms with van der Waals surface area (Å²) in [6.07, 6.45) is 0. The minimum absolute atomic E-state index is 0.0456. The molecular formula is C10H16BrNO5S. The molecule has 0 saturated carbocycles. The highest BCUT2D eigenvalue weighted by atomic mass is 79.9. The van der Waals surface area contributed by atoms with Crippen LogP contribution in [0.3, 0.4) is 0 Å². The first kappa shape index (κ1) is 15.6. The molecule has 18 heavy (non-hydrogen) atoms. The van der Waals surface area contributed by atoms with Crippen molar-refractivity contribution < 1.29 is 22.7 Å². The maximum Gasteiger partial charge on any atom is 0.245 e. The summed E-state index contributed by atoms with van der Waals surface area (Å²) in [4.78, 5) is -0.0456. The Morgan fingerprint density at radius 3 is 2.61 bits per heavy atom. The monoisotopic (exact) mass is 341 g/mol. The van der Waals surface area contributed by atoms with Crippen molar-refractivity contribution in [1.29, 1.82) is 0 Å². The van der Waals surface area contributed by atoms with E-state index in [-0.39, 0.29) is 28.5 Å².